The lowest BCUT2D eigenvalue weighted by Crippen LogP contribution is -2.58. The van der Waals surface area contributed by atoms with Crippen molar-refractivity contribution >= 4 is 17.8 Å². The van der Waals surface area contributed by atoms with E-state index < -0.39 is 41.1 Å². The Balaban J connectivity index is 1.82. The molecule has 2 amide bonds. The second-order valence-electron chi connectivity index (χ2n) is 9.71. The molecule has 0 saturated carbocycles. The molecule has 2 fully saturated rings. The summed E-state index contributed by atoms with van der Waals surface area (Å²) < 4.78 is 12.0. The highest BCUT2D eigenvalue weighted by molar-refractivity contribution is 5.99. The molecule has 0 radical (unpaired) electrons. The number of carbonyl (C=O) groups excluding carboxylic acids is 3. The van der Waals surface area contributed by atoms with Crippen molar-refractivity contribution in [3.05, 3.63) is 24.3 Å². The highest BCUT2D eigenvalue weighted by atomic mass is 16.6. The van der Waals surface area contributed by atoms with E-state index in [1.807, 2.05) is 45.1 Å². The van der Waals surface area contributed by atoms with Crippen LogP contribution in [0.1, 0.15) is 40.0 Å². The van der Waals surface area contributed by atoms with Gasteiger partial charge in [0, 0.05) is 25.2 Å². The summed E-state index contributed by atoms with van der Waals surface area (Å²) in [6.45, 7) is 6.68. The van der Waals surface area contributed by atoms with Gasteiger partial charge in [-0.05, 0) is 40.0 Å². The number of carbonyl (C=O) groups is 3. The minimum absolute atomic E-state index is 0.0983. The molecule has 1 N–H and O–H groups in total. The largest absolute Gasteiger partial charge is 0.465 e. The second kappa shape index (κ2) is 8.06. The van der Waals surface area contributed by atoms with Gasteiger partial charge in [0.2, 0.25) is 11.8 Å². The molecule has 4 rings (SSSR count). The minimum Gasteiger partial charge on any atom is -0.465 e. The summed E-state index contributed by atoms with van der Waals surface area (Å²) in [4.78, 5) is 43.8. The number of fused-ring (bicyclic) bond motifs is 2. The molecule has 31 heavy (non-hydrogen) atoms. The van der Waals surface area contributed by atoms with Gasteiger partial charge in [-0.1, -0.05) is 24.3 Å². The van der Waals surface area contributed by atoms with Crippen LogP contribution in [0.2, 0.25) is 0 Å². The highest BCUT2D eigenvalue weighted by Crippen LogP contribution is 2.53. The molecule has 4 aliphatic heterocycles. The monoisotopic (exact) mass is 432 g/mol. The molecule has 2 unspecified atom stereocenters. The van der Waals surface area contributed by atoms with Crippen LogP contribution in [0.25, 0.3) is 0 Å². The van der Waals surface area contributed by atoms with Gasteiger partial charge in [0.1, 0.15) is 17.6 Å². The zero-order valence-electron chi connectivity index (χ0n) is 18.5. The van der Waals surface area contributed by atoms with Crippen LogP contribution in [0, 0.1) is 11.8 Å². The summed E-state index contributed by atoms with van der Waals surface area (Å²) in [5.41, 5.74) is -1.69. The van der Waals surface area contributed by atoms with E-state index in [0.29, 0.717) is 19.6 Å². The number of allylic oxidation sites excluding steroid dienone is 1. The highest BCUT2D eigenvalue weighted by Gasteiger charge is 2.71. The normalized spacial score (nSPS) is 36.7. The van der Waals surface area contributed by atoms with Crippen molar-refractivity contribution in [1.82, 2.24) is 9.80 Å². The number of ether oxygens (including phenoxy) is 2. The van der Waals surface area contributed by atoms with Gasteiger partial charge in [-0.15, -0.1) is 0 Å². The van der Waals surface area contributed by atoms with Crippen molar-refractivity contribution in [3.63, 3.8) is 0 Å². The standard InChI is InChI=1S/C23H32N2O6/c1-22(2,3)25-12-7-10-23-17(19(27)24(11-8-13-26)18(23)20(25)28)16-15(31-23)9-5-4-6-14-30-21(16)29/h5,7,9-10,15-18,26H,4,6,8,11-14H2,1-3H3/b9-5-/t15-,16?,17+,18-,23?/m1/s1. The summed E-state index contributed by atoms with van der Waals surface area (Å²) >= 11 is 0. The number of hydrogen-bond acceptors (Lipinski definition) is 6. The van der Waals surface area contributed by atoms with Gasteiger partial charge in [-0.2, -0.15) is 0 Å². The Morgan fingerprint density at radius 1 is 1.19 bits per heavy atom. The third kappa shape index (κ3) is 3.49. The fraction of sp³-hybridized carbons (Fsp3) is 0.696. The number of aliphatic hydroxyl groups is 1. The summed E-state index contributed by atoms with van der Waals surface area (Å²) in [7, 11) is 0. The third-order valence-electron chi connectivity index (χ3n) is 6.72. The van der Waals surface area contributed by atoms with Crippen LogP contribution in [-0.4, -0.2) is 82.3 Å². The first-order chi connectivity index (χ1) is 14.7. The molecule has 0 aromatic carbocycles. The zero-order valence-corrected chi connectivity index (χ0v) is 18.5. The Bertz CT molecular complexity index is 815. The van der Waals surface area contributed by atoms with Gasteiger partial charge < -0.3 is 24.4 Å². The first-order valence-corrected chi connectivity index (χ1v) is 11.1. The third-order valence-corrected chi connectivity index (χ3v) is 6.72. The predicted octanol–water partition coefficient (Wildman–Crippen LogP) is 1.04. The molecule has 0 bridgehead atoms. The number of aliphatic hydroxyl groups excluding tert-OH is 1. The topological polar surface area (TPSA) is 96.4 Å². The van der Waals surface area contributed by atoms with E-state index in [1.54, 1.807) is 4.90 Å². The van der Waals surface area contributed by atoms with Crippen molar-refractivity contribution in [3.8, 4) is 0 Å². The first kappa shape index (κ1) is 22.0. The number of amides is 2. The number of rotatable bonds is 3. The molecule has 0 aromatic rings. The van der Waals surface area contributed by atoms with Gasteiger partial charge in [0.25, 0.3) is 0 Å². The minimum atomic E-state index is -1.23. The Hall–Kier alpha value is -2.19. The zero-order chi connectivity index (χ0) is 22.4. The van der Waals surface area contributed by atoms with Crippen molar-refractivity contribution in [2.45, 2.75) is 63.3 Å². The predicted molar refractivity (Wildman–Crippen MR) is 112 cm³/mol. The Kier molecular flexibility index (Phi) is 5.72. The Labute approximate surface area is 182 Å². The SMILES string of the molecule is CC(C)(C)N1CC=CC23O[C@@H]4/C=C\CCCOC(=O)C4[C@H]2C(=O)N(CCCO)[C@@H]3C1=O. The van der Waals surface area contributed by atoms with Gasteiger partial charge in [-0.3, -0.25) is 14.4 Å². The maximum Gasteiger partial charge on any atom is 0.312 e. The lowest BCUT2D eigenvalue weighted by atomic mass is 9.78. The van der Waals surface area contributed by atoms with Gasteiger partial charge >= 0.3 is 5.97 Å². The molecule has 8 heteroatoms. The fourth-order valence-electron chi connectivity index (χ4n) is 5.34. The molecule has 170 valence electrons. The number of nitrogens with zero attached hydrogens (tertiary/aromatic N) is 2. The average molecular weight is 433 g/mol. The van der Waals surface area contributed by atoms with Crippen LogP contribution in [0.3, 0.4) is 0 Å². The lowest BCUT2D eigenvalue weighted by molar-refractivity contribution is -0.155. The Morgan fingerprint density at radius 3 is 2.68 bits per heavy atom. The molecule has 2 saturated heterocycles. The van der Waals surface area contributed by atoms with Crippen LogP contribution >= 0.6 is 0 Å². The second-order valence-corrected chi connectivity index (χ2v) is 9.71. The van der Waals surface area contributed by atoms with E-state index in [9.17, 15) is 19.5 Å². The van der Waals surface area contributed by atoms with E-state index >= 15 is 0 Å². The number of esters is 1. The molecule has 0 aliphatic carbocycles. The summed E-state index contributed by atoms with van der Waals surface area (Å²) in [5, 5.41) is 9.38. The molecule has 4 aliphatic rings. The van der Waals surface area contributed by atoms with E-state index in [2.05, 4.69) is 0 Å². The quantitative estimate of drug-likeness (QED) is 0.529. The molecule has 8 nitrogen and oxygen atoms in total. The van der Waals surface area contributed by atoms with Crippen molar-refractivity contribution in [2.75, 3.05) is 26.3 Å². The van der Waals surface area contributed by atoms with E-state index in [4.69, 9.17) is 9.47 Å². The van der Waals surface area contributed by atoms with Gasteiger partial charge in [-0.25, -0.2) is 0 Å². The van der Waals surface area contributed by atoms with Crippen LogP contribution in [0.5, 0.6) is 0 Å². The first-order valence-electron chi connectivity index (χ1n) is 11.1. The maximum atomic E-state index is 13.8. The summed E-state index contributed by atoms with van der Waals surface area (Å²) in [5.74, 6) is -2.58. The molecule has 4 heterocycles. The van der Waals surface area contributed by atoms with Crippen molar-refractivity contribution in [1.29, 1.82) is 0 Å². The number of hydrogen-bond donors (Lipinski definition) is 1. The van der Waals surface area contributed by atoms with Crippen LogP contribution in [0.4, 0.5) is 0 Å². The summed E-state index contributed by atoms with van der Waals surface area (Å²) in [6, 6.07) is -0.883. The van der Waals surface area contributed by atoms with E-state index in [1.165, 1.54) is 4.90 Å². The average Bonchev–Trinajstić information content (AvgIpc) is 3.10. The van der Waals surface area contributed by atoms with Crippen LogP contribution in [-0.2, 0) is 23.9 Å². The van der Waals surface area contributed by atoms with Crippen molar-refractivity contribution < 1.29 is 29.0 Å². The van der Waals surface area contributed by atoms with Crippen LogP contribution in [0.15, 0.2) is 24.3 Å². The molecular formula is C23H32N2O6. The van der Waals surface area contributed by atoms with E-state index in [-0.39, 0.29) is 25.0 Å². The van der Waals surface area contributed by atoms with Gasteiger partial charge in [0.15, 0.2) is 0 Å². The van der Waals surface area contributed by atoms with Crippen LogP contribution < -0.4 is 0 Å². The smallest absolute Gasteiger partial charge is 0.312 e. The lowest BCUT2D eigenvalue weighted by Gasteiger charge is -2.40. The molecule has 0 aromatic heterocycles. The van der Waals surface area contributed by atoms with Gasteiger partial charge in [0.05, 0.1) is 18.6 Å². The Morgan fingerprint density at radius 2 is 1.97 bits per heavy atom. The molecular weight excluding hydrogens is 400 g/mol. The molecule has 1 spiro atoms. The van der Waals surface area contributed by atoms with E-state index in [0.717, 1.165) is 12.8 Å². The number of likely N-dealkylation sites (tertiary alicyclic amines) is 1. The number of cyclic esters (lactones) is 1. The summed E-state index contributed by atoms with van der Waals surface area (Å²) in [6.07, 6.45) is 8.69. The molecule has 5 atom stereocenters. The fourth-order valence-corrected chi connectivity index (χ4v) is 5.34. The maximum absolute atomic E-state index is 13.8. The van der Waals surface area contributed by atoms with Crippen molar-refractivity contribution in [2.24, 2.45) is 11.8 Å².